The molecule has 1 aromatic carbocycles. The van der Waals surface area contributed by atoms with Crippen molar-refractivity contribution < 1.29 is 9.21 Å². The van der Waals surface area contributed by atoms with E-state index in [-0.39, 0.29) is 11.7 Å². The third-order valence-corrected chi connectivity index (χ3v) is 5.01. The summed E-state index contributed by atoms with van der Waals surface area (Å²) in [5, 5.41) is 11.6. The van der Waals surface area contributed by atoms with Gasteiger partial charge in [0, 0.05) is 43.8 Å². The Morgan fingerprint density at radius 3 is 2.83 bits per heavy atom. The van der Waals surface area contributed by atoms with Crippen LogP contribution >= 0.6 is 0 Å². The number of fused-ring (bicyclic) bond motifs is 1. The quantitative estimate of drug-likeness (QED) is 0.559. The number of anilines is 2. The summed E-state index contributed by atoms with van der Waals surface area (Å²) in [7, 11) is 0. The lowest BCUT2D eigenvalue weighted by molar-refractivity contribution is 0.0996. The van der Waals surface area contributed by atoms with Gasteiger partial charge in [-0.05, 0) is 18.2 Å². The Hall–Kier alpha value is -3.65. The standard InChI is InChI=1S/C21H20N6O2/c28-21(25-16-14-23-8-7-18(16)26-11-9-22-10-12-26)19-5-6-20(29-19)27-17-4-2-1-3-15(17)13-24-27/h1-8,13-14,22H,9-12H2,(H,25,28). The van der Waals surface area contributed by atoms with E-state index in [0.29, 0.717) is 11.6 Å². The summed E-state index contributed by atoms with van der Waals surface area (Å²) in [6, 6.07) is 13.2. The second kappa shape index (κ2) is 7.40. The summed E-state index contributed by atoms with van der Waals surface area (Å²) in [6.45, 7) is 3.58. The highest BCUT2D eigenvalue weighted by atomic mass is 16.4. The number of para-hydroxylation sites is 1. The first-order chi connectivity index (χ1) is 14.3. The molecule has 146 valence electrons. The Kier molecular flexibility index (Phi) is 4.45. The van der Waals surface area contributed by atoms with Gasteiger partial charge < -0.3 is 20.0 Å². The summed E-state index contributed by atoms with van der Waals surface area (Å²) in [6.07, 6.45) is 5.17. The van der Waals surface area contributed by atoms with Gasteiger partial charge >= 0.3 is 0 Å². The number of carbonyl (C=O) groups is 1. The fraction of sp³-hybridized carbons (Fsp3) is 0.190. The number of hydrogen-bond acceptors (Lipinski definition) is 6. The van der Waals surface area contributed by atoms with Crippen molar-refractivity contribution in [1.82, 2.24) is 20.1 Å². The number of benzene rings is 1. The van der Waals surface area contributed by atoms with Crippen LogP contribution in [0, 0.1) is 0 Å². The maximum Gasteiger partial charge on any atom is 0.291 e. The molecule has 0 bridgehead atoms. The average molecular weight is 388 g/mol. The van der Waals surface area contributed by atoms with E-state index in [4.69, 9.17) is 4.42 Å². The monoisotopic (exact) mass is 388 g/mol. The fourth-order valence-corrected chi connectivity index (χ4v) is 3.56. The minimum atomic E-state index is -0.322. The summed E-state index contributed by atoms with van der Waals surface area (Å²) in [4.78, 5) is 19.2. The lowest BCUT2D eigenvalue weighted by Crippen LogP contribution is -2.43. The van der Waals surface area contributed by atoms with Crippen LogP contribution < -0.4 is 15.5 Å². The first-order valence-electron chi connectivity index (χ1n) is 9.53. The zero-order valence-electron chi connectivity index (χ0n) is 15.7. The fourth-order valence-electron chi connectivity index (χ4n) is 3.56. The maximum absolute atomic E-state index is 12.8. The zero-order chi connectivity index (χ0) is 19.6. The van der Waals surface area contributed by atoms with Crippen LogP contribution in [0.15, 0.2) is 65.5 Å². The van der Waals surface area contributed by atoms with Crippen LogP contribution in [0.4, 0.5) is 11.4 Å². The molecule has 0 radical (unpaired) electrons. The summed E-state index contributed by atoms with van der Waals surface area (Å²) >= 11 is 0. The number of hydrogen-bond donors (Lipinski definition) is 2. The molecule has 0 saturated carbocycles. The van der Waals surface area contributed by atoms with Crippen LogP contribution in [0.2, 0.25) is 0 Å². The molecule has 3 aromatic heterocycles. The normalized spacial score (nSPS) is 14.3. The number of furan rings is 1. The number of pyridine rings is 1. The smallest absolute Gasteiger partial charge is 0.291 e. The molecule has 2 N–H and O–H groups in total. The van der Waals surface area contributed by atoms with Crippen molar-refractivity contribution in [3.8, 4) is 5.88 Å². The molecule has 1 aliphatic heterocycles. The van der Waals surface area contributed by atoms with E-state index in [0.717, 1.165) is 42.8 Å². The highest BCUT2D eigenvalue weighted by Crippen LogP contribution is 2.26. The molecule has 0 aliphatic carbocycles. The summed E-state index contributed by atoms with van der Waals surface area (Å²) in [5.41, 5.74) is 2.55. The molecule has 8 nitrogen and oxygen atoms in total. The van der Waals surface area contributed by atoms with Gasteiger partial charge in [-0.3, -0.25) is 9.78 Å². The third-order valence-electron chi connectivity index (χ3n) is 5.01. The van der Waals surface area contributed by atoms with Crippen molar-refractivity contribution in [3.63, 3.8) is 0 Å². The van der Waals surface area contributed by atoms with Crippen molar-refractivity contribution in [2.45, 2.75) is 0 Å². The van der Waals surface area contributed by atoms with Gasteiger partial charge in [0.15, 0.2) is 5.76 Å². The van der Waals surface area contributed by atoms with Crippen molar-refractivity contribution in [2.75, 3.05) is 36.4 Å². The highest BCUT2D eigenvalue weighted by Gasteiger charge is 2.18. The van der Waals surface area contributed by atoms with E-state index in [1.807, 2.05) is 30.3 Å². The molecule has 5 rings (SSSR count). The second-order valence-electron chi connectivity index (χ2n) is 6.84. The Labute approximate surface area is 167 Å². The van der Waals surface area contributed by atoms with Crippen LogP contribution in [-0.4, -0.2) is 46.9 Å². The van der Waals surface area contributed by atoms with E-state index in [1.54, 1.807) is 35.4 Å². The summed E-state index contributed by atoms with van der Waals surface area (Å²) < 4.78 is 7.48. The predicted molar refractivity (Wildman–Crippen MR) is 111 cm³/mol. The minimum absolute atomic E-state index is 0.217. The summed E-state index contributed by atoms with van der Waals surface area (Å²) in [5.74, 6) is 0.386. The number of amides is 1. The van der Waals surface area contributed by atoms with Crippen LogP contribution in [0.25, 0.3) is 16.8 Å². The first-order valence-corrected chi connectivity index (χ1v) is 9.53. The predicted octanol–water partition coefficient (Wildman–Crippen LogP) is 2.68. The molecule has 0 unspecified atom stereocenters. The number of nitrogens with zero attached hydrogens (tertiary/aromatic N) is 4. The molecule has 0 spiro atoms. The van der Waals surface area contributed by atoms with Gasteiger partial charge in [0.2, 0.25) is 5.88 Å². The molecule has 1 aliphatic rings. The van der Waals surface area contributed by atoms with Gasteiger partial charge in [0.1, 0.15) is 0 Å². The van der Waals surface area contributed by atoms with E-state index in [1.165, 1.54) is 0 Å². The molecule has 4 aromatic rings. The first kappa shape index (κ1) is 17.4. The molecule has 8 heteroatoms. The van der Waals surface area contributed by atoms with Crippen molar-refractivity contribution in [1.29, 1.82) is 0 Å². The van der Waals surface area contributed by atoms with E-state index >= 15 is 0 Å². The maximum atomic E-state index is 12.8. The number of aromatic nitrogens is 3. The molecule has 1 amide bonds. The molecule has 29 heavy (non-hydrogen) atoms. The van der Waals surface area contributed by atoms with Crippen molar-refractivity contribution >= 4 is 28.2 Å². The van der Waals surface area contributed by atoms with Gasteiger partial charge in [0.05, 0.1) is 29.3 Å². The lowest BCUT2D eigenvalue weighted by atomic mass is 10.2. The van der Waals surface area contributed by atoms with Crippen LogP contribution in [-0.2, 0) is 0 Å². The van der Waals surface area contributed by atoms with Gasteiger partial charge in [-0.2, -0.15) is 5.10 Å². The van der Waals surface area contributed by atoms with Crippen LogP contribution in [0.1, 0.15) is 10.6 Å². The molecule has 1 saturated heterocycles. The third kappa shape index (κ3) is 3.34. The number of piperazine rings is 1. The molecular weight excluding hydrogens is 368 g/mol. The minimum Gasteiger partial charge on any atom is -0.433 e. The molecule has 1 fully saturated rings. The van der Waals surface area contributed by atoms with Crippen molar-refractivity contribution in [2.24, 2.45) is 0 Å². The van der Waals surface area contributed by atoms with Gasteiger partial charge in [0.25, 0.3) is 5.91 Å². The number of nitrogens with one attached hydrogen (secondary N) is 2. The number of rotatable bonds is 4. The number of carbonyl (C=O) groups excluding carboxylic acids is 1. The Bertz CT molecular complexity index is 1160. The SMILES string of the molecule is O=C(Nc1cnccc1N1CCNCC1)c1ccc(-n2ncc3ccccc32)o1. The van der Waals surface area contributed by atoms with Gasteiger partial charge in [-0.1, -0.05) is 18.2 Å². The highest BCUT2D eigenvalue weighted by molar-refractivity contribution is 6.04. The van der Waals surface area contributed by atoms with E-state index < -0.39 is 0 Å². The van der Waals surface area contributed by atoms with Gasteiger partial charge in [-0.25, -0.2) is 4.68 Å². The van der Waals surface area contributed by atoms with Crippen LogP contribution in [0.3, 0.4) is 0 Å². The zero-order valence-corrected chi connectivity index (χ0v) is 15.7. The topological polar surface area (TPSA) is 88.2 Å². The van der Waals surface area contributed by atoms with Gasteiger partial charge in [-0.15, -0.1) is 0 Å². The largest absolute Gasteiger partial charge is 0.433 e. The Balaban J connectivity index is 1.39. The lowest BCUT2D eigenvalue weighted by Gasteiger charge is -2.30. The average Bonchev–Trinajstić information content (AvgIpc) is 3.42. The molecule has 0 atom stereocenters. The van der Waals surface area contributed by atoms with E-state index in [2.05, 4.69) is 25.6 Å². The molecular formula is C21H20N6O2. The Morgan fingerprint density at radius 1 is 1.07 bits per heavy atom. The Morgan fingerprint density at radius 2 is 1.93 bits per heavy atom. The second-order valence-corrected chi connectivity index (χ2v) is 6.84. The van der Waals surface area contributed by atoms with E-state index in [9.17, 15) is 4.79 Å². The van der Waals surface area contributed by atoms with Crippen LogP contribution in [0.5, 0.6) is 0 Å². The molecule has 4 heterocycles. The van der Waals surface area contributed by atoms with Crippen molar-refractivity contribution in [3.05, 3.63) is 66.8 Å².